The topological polar surface area (TPSA) is 78.9 Å². The first-order valence-corrected chi connectivity index (χ1v) is 27.8. The molecule has 0 spiro atoms. The van der Waals surface area contributed by atoms with Gasteiger partial charge in [-0.2, -0.15) is 0 Å². The van der Waals surface area contributed by atoms with E-state index in [4.69, 9.17) is 14.2 Å². The van der Waals surface area contributed by atoms with E-state index in [0.29, 0.717) is 19.3 Å². The van der Waals surface area contributed by atoms with Gasteiger partial charge in [-0.15, -0.1) is 0 Å². The molecule has 1 unspecified atom stereocenters. The molecule has 0 aliphatic rings. The van der Waals surface area contributed by atoms with E-state index in [0.717, 1.165) is 83.5 Å². The van der Waals surface area contributed by atoms with Gasteiger partial charge in [-0.3, -0.25) is 14.4 Å². The maximum Gasteiger partial charge on any atom is 0.306 e. The first-order valence-electron chi connectivity index (χ1n) is 27.8. The summed E-state index contributed by atoms with van der Waals surface area (Å²) in [5.41, 5.74) is 0. The summed E-state index contributed by atoms with van der Waals surface area (Å²) >= 11 is 0. The maximum atomic E-state index is 12.8. The van der Waals surface area contributed by atoms with Crippen molar-refractivity contribution in [1.29, 1.82) is 0 Å². The minimum absolute atomic E-state index is 0.0755. The Labute approximate surface area is 402 Å². The molecule has 0 rings (SSSR count). The van der Waals surface area contributed by atoms with Crippen molar-refractivity contribution in [3.63, 3.8) is 0 Å². The fourth-order valence-electron chi connectivity index (χ4n) is 7.84. The first-order chi connectivity index (χ1) is 32.0. The highest BCUT2D eigenvalue weighted by Gasteiger charge is 2.19. The van der Waals surface area contributed by atoms with Crippen molar-refractivity contribution < 1.29 is 28.6 Å². The van der Waals surface area contributed by atoms with Crippen LogP contribution < -0.4 is 0 Å². The van der Waals surface area contributed by atoms with Crippen LogP contribution in [0.2, 0.25) is 0 Å². The number of esters is 3. The Morgan fingerprint density at radius 2 is 0.600 bits per heavy atom. The van der Waals surface area contributed by atoms with E-state index in [1.54, 1.807) is 0 Å². The number of hydrogen-bond acceptors (Lipinski definition) is 6. The molecule has 0 amide bonds. The van der Waals surface area contributed by atoms with Gasteiger partial charge < -0.3 is 14.2 Å². The average Bonchev–Trinajstić information content (AvgIpc) is 3.30. The number of ether oxygens (including phenoxy) is 3. The number of unbranched alkanes of at least 4 members (excludes halogenated alkanes) is 29. The number of allylic oxidation sites excluding steroid dienone is 10. The molecule has 0 heterocycles. The fourth-order valence-corrected chi connectivity index (χ4v) is 7.84. The molecule has 0 aromatic heterocycles. The fraction of sp³-hybridized carbons (Fsp3) is 0.780. The van der Waals surface area contributed by atoms with Crippen molar-refractivity contribution in [3.8, 4) is 0 Å². The summed E-state index contributed by atoms with van der Waals surface area (Å²) in [6.45, 7) is 6.49. The summed E-state index contributed by atoms with van der Waals surface area (Å²) in [6.07, 6.45) is 66.6. The summed E-state index contributed by atoms with van der Waals surface area (Å²) in [4.78, 5) is 37.9. The third-order valence-corrected chi connectivity index (χ3v) is 12.0. The Morgan fingerprint density at radius 1 is 0.323 bits per heavy atom. The van der Waals surface area contributed by atoms with E-state index in [1.807, 2.05) is 0 Å². The van der Waals surface area contributed by atoms with Crippen molar-refractivity contribution in [2.45, 2.75) is 284 Å². The predicted octanol–water partition coefficient (Wildman–Crippen LogP) is 18.4. The minimum atomic E-state index is -0.774. The highest BCUT2D eigenvalue weighted by Crippen LogP contribution is 2.15. The van der Waals surface area contributed by atoms with Crippen LogP contribution in [0.5, 0.6) is 0 Å². The standard InChI is InChI=1S/C59H104O6/c1-4-7-10-13-16-18-20-22-24-26-27-28-29-30-31-33-34-36-38-40-43-46-49-52-58(61)64-55-56(54-63-57(60)51-48-45-42-15-12-9-6-3)65-59(62)53-50-47-44-41-39-37-35-32-25-23-21-19-17-14-11-8-5-2/h7,10,16,18,22-25,27-28,56H,4-6,8-9,11-15,17,19-21,26,29-55H2,1-3H3/b10-7-,18-16-,24-22-,25-23-,28-27-. The van der Waals surface area contributed by atoms with E-state index in [9.17, 15) is 14.4 Å². The molecule has 0 aliphatic heterocycles. The molecule has 6 nitrogen and oxygen atoms in total. The van der Waals surface area contributed by atoms with E-state index < -0.39 is 6.10 Å². The van der Waals surface area contributed by atoms with Crippen molar-refractivity contribution >= 4 is 17.9 Å². The summed E-state index contributed by atoms with van der Waals surface area (Å²) in [7, 11) is 0. The number of rotatable bonds is 50. The quantitative estimate of drug-likeness (QED) is 0.0262. The van der Waals surface area contributed by atoms with Gasteiger partial charge in [-0.05, 0) is 83.5 Å². The Balaban J connectivity index is 4.19. The SMILES string of the molecule is CC/C=C\C/C=C\C/C=C\C/C=C\CCCCCCCCCCCCC(=O)OCC(COC(=O)CCCCCCCCC)OC(=O)CCCCCCCCC/C=C\CCCCCCCC. The van der Waals surface area contributed by atoms with Crippen molar-refractivity contribution in [3.05, 3.63) is 60.8 Å². The highest BCUT2D eigenvalue weighted by atomic mass is 16.6. The molecule has 0 aliphatic carbocycles. The lowest BCUT2D eigenvalue weighted by atomic mass is 10.1. The largest absolute Gasteiger partial charge is 0.462 e. The van der Waals surface area contributed by atoms with E-state index in [2.05, 4.69) is 81.5 Å². The van der Waals surface area contributed by atoms with Gasteiger partial charge in [-0.1, -0.05) is 236 Å². The minimum Gasteiger partial charge on any atom is -0.462 e. The van der Waals surface area contributed by atoms with Crippen LogP contribution in [-0.4, -0.2) is 37.2 Å². The Morgan fingerprint density at radius 3 is 0.954 bits per heavy atom. The van der Waals surface area contributed by atoms with Crippen LogP contribution in [0.1, 0.15) is 278 Å². The lowest BCUT2D eigenvalue weighted by Crippen LogP contribution is -2.30. The van der Waals surface area contributed by atoms with Crippen LogP contribution in [0, 0.1) is 0 Å². The van der Waals surface area contributed by atoms with E-state index in [1.165, 1.54) is 154 Å². The Kier molecular flexibility index (Phi) is 51.3. The van der Waals surface area contributed by atoms with Gasteiger partial charge in [-0.25, -0.2) is 0 Å². The van der Waals surface area contributed by atoms with Gasteiger partial charge in [0.1, 0.15) is 13.2 Å². The van der Waals surface area contributed by atoms with Crippen LogP contribution in [0.4, 0.5) is 0 Å². The molecule has 0 aromatic carbocycles. The van der Waals surface area contributed by atoms with Gasteiger partial charge in [0.25, 0.3) is 0 Å². The molecule has 0 radical (unpaired) electrons. The normalized spacial score (nSPS) is 12.5. The second-order valence-corrected chi connectivity index (χ2v) is 18.5. The van der Waals surface area contributed by atoms with Crippen LogP contribution in [-0.2, 0) is 28.6 Å². The lowest BCUT2D eigenvalue weighted by molar-refractivity contribution is -0.167. The third-order valence-electron chi connectivity index (χ3n) is 12.0. The molecule has 0 saturated heterocycles. The summed E-state index contributed by atoms with van der Waals surface area (Å²) < 4.78 is 16.8. The maximum absolute atomic E-state index is 12.8. The second-order valence-electron chi connectivity index (χ2n) is 18.5. The number of carbonyl (C=O) groups is 3. The van der Waals surface area contributed by atoms with Crippen molar-refractivity contribution in [2.75, 3.05) is 13.2 Å². The molecule has 65 heavy (non-hydrogen) atoms. The van der Waals surface area contributed by atoms with Gasteiger partial charge in [0, 0.05) is 19.3 Å². The molecule has 0 fully saturated rings. The molecule has 0 bridgehead atoms. The van der Waals surface area contributed by atoms with Crippen LogP contribution in [0.15, 0.2) is 60.8 Å². The van der Waals surface area contributed by atoms with Gasteiger partial charge >= 0.3 is 17.9 Å². The van der Waals surface area contributed by atoms with Gasteiger partial charge in [0.05, 0.1) is 0 Å². The molecule has 6 heteroatoms. The van der Waals surface area contributed by atoms with E-state index >= 15 is 0 Å². The summed E-state index contributed by atoms with van der Waals surface area (Å²) in [5, 5.41) is 0. The van der Waals surface area contributed by atoms with Crippen LogP contribution >= 0.6 is 0 Å². The van der Waals surface area contributed by atoms with Crippen molar-refractivity contribution in [1.82, 2.24) is 0 Å². The first kappa shape index (κ1) is 62.1. The number of hydrogen-bond donors (Lipinski definition) is 0. The number of carbonyl (C=O) groups excluding carboxylic acids is 3. The summed E-state index contributed by atoms with van der Waals surface area (Å²) in [5.74, 6) is -0.883. The second kappa shape index (κ2) is 53.7. The van der Waals surface area contributed by atoms with Crippen LogP contribution in [0.3, 0.4) is 0 Å². The smallest absolute Gasteiger partial charge is 0.306 e. The Hall–Kier alpha value is -2.89. The highest BCUT2D eigenvalue weighted by molar-refractivity contribution is 5.71. The zero-order chi connectivity index (χ0) is 47.2. The van der Waals surface area contributed by atoms with Crippen molar-refractivity contribution in [2.24, 2.45) is 0 Å². The molecule has 0 N–H and O–H groups in total. The van der Waals surface area contributed by atoms with Gasteiger partial charge in [0.15, 0.2) is 6.10 Å². The van der Waals surface area contributed by atoms with Crippen LogP contribution in [0.25, 0.3) is 0 Å². The van der Waals surface area contributed by atoms with E-state index in [-0.39, 0.29) is 31.1 Å². The lowest BCUT2D eigenvalue weighted by Gasteiger charge is -2.18. The average molecular weight is 909 g/mol. The predicted molar refractivity (Wildman–Crippen MR) is 279 cm³/mol. The summed E-state index contributed by atoms with van der Waals surface area (Å²) in [6, 6.07) is 0. The molecule has 376 valence electrons. The zero-order valence-electron chi connectivity index (χ0n) is 43.0. The molecule has 0 aromatic rings. The molecular formula is C59H104O6. The molecule has 0 saturated carbocycles. The zero-order valence-corrected chi connectivity index (χ0v) is 43.0. The monoisotopic (exact) mass is 909 g/mol. The Bertz CT molecular complexity index is 1180. The molecule has 1 atom stereocenters. The third kappa shape index (κ3) is 51.9. The molecular weight excluding hydrogens is 805 g/mol. The van der Waals surface area contributed by atoms with Gasteiger partial charge in [0.2, 0.25) is 0 Å².